The molecule has 3 aliphatic heterocycles. The lowest BCUT2D eigenvalue weighted by atomic mass is 9.84. The zero-order valence-corrected chi connectivity index (χ0v) is 13.4. The van der Waals surface area contributed by atoms with Gasteiger partial charge in [-0.1, -0.05) is 0 Å². The van der Waals surface area contributed by atoms with Gasteiger partial charge in [-0.2, -0.15) is 0 Å². The number of hydrogen-bond donors (Lipinski definition) is 2. The van der Waals surface area contributed by atoms with Crippen LogP contribution in [-0.4, -0.2) is 47.6 Å². The van der Waals surface area contributed by atoms with Crippen molar-refractivity contribution in [2.75, 3.05) is 27.0 Å². The number of aliphatic hydroxyl groups excluding tert-OH is 2. The highest BCUT2D eigenvalue weighted by atomic mass is 16.7. The van der Waals surface area contributed by atoms with Crippen molar-refractivity contribution in [3.63, 3.8) is 0 Å². The Morgan fingerprint density at radius 2 is 2.08 bits per heavy atom. The number of nitrogens with zero attached hydrogens (tertiary/aromatic N) is 1. The molecule has 126 valence electrons. The van der Waals surface area contributed by atoms with Crippen LogP contribution in [-0.2, 0) is 4.74 Å². The first kappa shape index (κ1) is 14.2. The van der Waals surface area contributed by atoms with E-state index < -0.39 is 11.6 Å². The van der Waals surface area contributed by atoms with Gasteiger partial charge in [0.15, 0.2) is 23.0 Å². The summed E-state index contributed by atoms with van der Waals surface area (Å²) in [5.41, 5.74) is 1.97. The van der Waals surface area contributed by atoms with Gasteiger partial charge in [-0.15, -0.1) is 0 Å². The van der Waals surface area contributed by atoms with E-state index in [4.69, 9.17) is 14.2 Å². The van der Waals surface area contributed by atoms with E-state index in [1.807, 2.05) is 18.2 Å². The minimum absolute atomic E-state index is 0.151. The minimum Gasteiger partial charge on any atom is -0.504 e. The molecule has 3 heterocycles. The monoisotopic (exact) mass is 329 g/mol. The van der Waals surface area contributed by atoms with Crippen LogP contribution in [0.4, 0.5) is 0 Å². The second-order valence-electron chi connectivity index (χ2n) is 6.72. The van der Waals surface area contributed by atoms with Gasteiger partial charge in [0.25, 0.3) is 0 Å². The second kappa shape index (κ2) is 4.68. The molecule has 1 aromatic carbocycles. The van der Waals surface area contributed by atoms with Crippen LogP contribution in [0.3, 0.4) is 0 Å². The van der Waals surface area contributed by atoms with Crippen LogP contribution in [0.2, 0.25) is 0 Å². The number of ether oxygens (including phenoxy) is 3. The Bertz CT molecular complexity index is 799. The van der Waals surface area contributed by atoms with Crippen molar-refractivity contribution in [3.05, 3.63) is 40.9 Å². The van der Waals surface area contributed by atoms with Gasteiger partial charge in [0.2, 0.25) is 6.79 Å². The quantitative estimate of drug-likeness (QED) is 0.822. The van der Waals surface area contributed by atoms with Crippen molar-refractivity contribution in [3.8, 4) is 11.5 Å². The van der Waals surface area contributed by atoms with Crippen LogP contribution in [0.25, 0.3) is 5.57 Å². The lowest BCUT2D eigenvalue weighted by Gasteiger charge is -2.34. The van der Waals surface area contributed by atoms with Crippen molar-refractivity contribution in [1.82, 2.24) is 4.90 Å². The molecule has 1 saturated heterocycles. The van der Waals surface area contributed by atoms with Crippen LogP contribution in [0.1, 0.15) is 30.1 Å². The Morgan fingerprint density at radius 1 is 1.29 bits per heavy atom. The van der Waals surface area contributed by atoms with Crippen LogP contribution >= 0.6 is 0 Å². The maximum atomic E-state index is 10.8. The molecule has 0 radical (unpaired) electrons. The number of benzene rings is 1. The van der Waals surface area contributed by atoms with Crippen molar-refractivity contribution < 1.29 is 24.4 Å². The fourth-order valence-corrected chi connectivity index (χ4v) is 4.56. The highest BCUT2D eigenvalue weighted by Gasteiger charge is 2.52. The summed E-state index contributed by atoms with van der Waals surface area (Å²) < 4.78 is 16.4. The van der Waals surface area contributed by atoms with Crippen molar-refractivity contribution >= 4 is 5.57 Å². The van der Waals surface area contributed by atoms with Crippen LogP contribution < -0.4 is 9.47 Å². The molecule has 1 fully saturated rings. The number of methoxy groups -OCH3 is 1. The summed E-state index contributed by atoms with van der Waals surface area (Å²) in [4.78, 5) is 2.24. The number of fused-ring (bicyclic) bond motifs is 3. The zero-order valence-electron chi connectivity index (χ0n) is 13.4. The summed E-state index contributed by atoms with van der Waals surface area (Å²) >= 11 is 0. The molecular weight excluding hydrogens is 310 g/mol. The van der Waals surface area contributed by atoms with E-state index >= 15 is 0 Å². The first-order valence-corrected chi connectivity index (χ1v) is 8.22. The van der Waals surface area contributed by atoms with E-state index in [1.54, 1.807) is 7.11 Å². The molecule has 2 unspecified atom stereocenters. The Balaban J connectivity index is 1.80. The third kappa shape index (κ3) is 1.62. The third-order valence-corrected chi connectivity index (χ3v) is 5.61. The standard InChI is InChI=1S/C18H19NO5/c1-22-15-7-18-3-2-4-19(18)8-12(20)10-5-13-14(24-9-23-13)6-11(10)16(18)17(15)21/h5-7,12,20-21H,2-4,8-9H2,1H3. The minimum atomic E-state index is -0.644. The highest BCUT2D eigenvalue weighted by Crippen LogP contribution is 2.54. The SMILES string of the molecule is COC1=CC23CCCN2CC(O)c2cc4c(cc2C3=C1O)OCO4. The van der Waals surface area contributed by atoms with Gasteiger partial charge in [0, 0.05) is 12.1 Å². The summed E-state index contributed by atoms with van der Waals surface area (Å²) in [6, 6.07) is 3.71. The lowest BCUT2D eigenvalue weighted by Crippen LogP contribution is -2.42. The molecule has 1 aliphatic carbocycles. The lowest BCUT2D eigenvalue weighted by molar-refractivity contribution is 0.105. The largest absolute Gasteiger partial charge is 0.504 e. The molecule has 0 bridgehead atoms. The number of β-amino-alcohol motifs (C(OH)–C–C–N with tert-alkyl or cyclic N) is 1. The molecule has 0 saturated carbocycles. The molecule has 4 aliphatic rings. The number of hydrogen-bond acceptors (Lipinski definition) is 6. The van der Waals surface area contributed by atoms with Gasteiger partial charge in [-0.3, -0.25) is 4.90 Å². The number of rotatable bonds is 1. The van der Waals surface area contributed by atoms with E-state index in [0.29, 0.717) is 23.8 Å². The van der Waals surface area contributed by atoms with Crippen LogP contribution in [0.15, 0.2) is 29.7 Å². The summed E-state index contributed by atoms with van der Waals surface area (Å²) in [5, 5.41) is 21.6. The van der Waals surface area contributed by atoms with Gasteiger partial charge in [0.1, 0.15) is 0 Å². The summed E-state index contributed by atoms with van der Waals surface area (Å²) in [7, 11) is 1.57. The predicted octanol–water partition coefficient (Wildman–Crippen LogP) is 2.11. The highest BCUT2D eigenvalue weighted by molar-refractivity contribution is 5.86. The smallest absolute Gasteiger partial charge is 0.231 e. The van der Waals surface area contributed by atoms with Crippen LogP contribution in [0.5, 0.6) is 11.5 Å². The summed E-state index contributed by atoms with van der Waals surface area (Å²) in [6.07, 6.45) is 3.25. The molecule has 1 spiro atoms. The van der Waals surface area contributed by atoms with Crippen LogP contribution in [0, 0.1) is 0 Å². The molecule has 2 atom stereocenters. The normalized spacial score (nSPS) is 30.6. The van der Waals surface area contributed by atoms with E-state index in [0.717, 1.165) is 36.1 Å². The van der Waals surface area contributed by atoms with Crippen molar-refractivity contribution in [1.29, 1.82) is 0 Å². The molecule has 5 rings (SSSR count). The van der Waals surface area contributed by atoms with Gasteiger partial charge < -0.3 is 24.4 Å². The maximum Gasteiger partial charge on any atom is 0.231 e. The zero-order chi connectivity index (χ0) is 16.5. The molecule has 6 heteroatoms. The molecule has 6 nitrogen and oxygen atoms in total. The fourth-order valence-electron chi connectivity index (χ4n) is 4.56. The third-order valence-electron chi connectivity index (χ3n) is 5.61. The Kier molecular flexibility index (Phi) is 2.76. The van der Waals surface area contributed by atoms with Gasteiger partial charge >= 0.3 is 0 Å². The fraction of sp³-hybridized carbons (Fsp3) is 0.444. The Morgan fingerprint density at radius 3 is 2.88 bits per heavy atom. The van der Waals surface area contributed by atoms with Gasteiger partial charge in [-0.05, 0) is 48.7 Å². The topological polar surface area (TPSA) is 71.4 Å². The maximum absolute atomic E-state index is 10.8. The Labute approximate surface area is 139 Å². The summed E-state index contributed by atoms with van der Waals surface area (Å²) in [5.74, 6) is 1.94. The second-order valence-corrected chi connectivity index (χ2v) is 6.72. The number of aliphatic hydroxyl groups is 2. The van der Waals surface area contributed by atoms with E-state index in [1.165, 1.54) is 0 Å². The van der Waals surface area contributed by atoms with E-state index in [2.05, 4.69) is 4.90 Å². The van der Waals surface area contributed by atoms with Gasteiger partial charge in [-0.25, -0.2) is 0 Å². The molecule has 24 heavy (non-hydrogen) atoms. The Hall–Kier alpha value is -2.18. The van der Waals surface area contributed by atoms with Crippen molar-refractivity contribution in [2.24, 2.45) is 0 Å². The first-order chi connectivity index (χ1) is 11.6. The summed E-state index contributed by atoms with van der Waals surface area (Å²) in [6.45, 7) is 1.57. The average molecular weight is 329 g/mol. The van der Waals surface area contributed by atoms with E-state index in [-0.39, 0.29) is 12.6 Å². The first-order valence-electron chi connectivity index (χ1n) is 8.22. The van der Waals surface area contributed by atoms with Crippen molar-refractivity contribution in [2.45, 2.75) is 24.5 Å². The molecule has 0 aromatic heterocycles. The molecule has 0 amide bonds. The molecule has 1 aromatic rings. The molecule has 2 N–H and O–H groups in total. The predicted molar refractivity (Wildman–Crippen MR) is 85.7 cm³/mol. The average Bonchev–Trinajstić information content (AvgIpc) is 3.24. The van der Waals surface area contributed by atoms with E-state index in [9.17, 15) is 10.2 Å². The van der Waals surface area contributed by atoms with Gasteiger partial charge in [0.05, 0.1) is 18.8 Å². The molecular formula is C18H19NO5.